The van der Waals surface area contributed by atoms with Crippen molar-refractivity contribution in [3.63, 3.8) is 0 Å². The number of rotatable bonds is 9. The van der Waals surface area contributed by atoms with E-state index in [1.807, 2.05) is 19.9 Å². The molecule has 0 unspecified atom stereocenters. The van der Waals surface area contributed by atoms with Crippen LogP contribution in [-0.2, 0) is 18.3 Å². The number of nitrogen functional groups attached to an aromatic ring is 1. The number of aldehydes is 1. The Morgan fingerprint density at radius 3 is 2.33 bits per heavy atom. The molecule has 4 rings (SSSR count). The van der Waals surface area contributed by atoms with Crippen molar-refractivity contribution >= 4 is 17.7 Å². The molecule has 7 heteroatoms. The highest BCUT2D eigenvalue weighted by molar-refractivity contribution is 5.70. The van der Waals surface area contributed by atoms with Crippen LogP contribution in [0.2, 0.25) is 0 Å². The molecule has 3 aromatic rings. The molecular weight excluding hydrogens is 495 g/mol. The van der Waals surface area contributed by atoms with Crippen LogP contribution in [0.15, 0.2) is 40.8 Å². The Kier molecular flexibility index (Phi) is 12.4. The van der Waals surface area contributed by atoms with Gasteiger partial charge in [-0.2, -0.15) is 0 Å². The number of anilines is 2. The second-order valence-corrected chi connectivity index (χ2v) is 10.0. The van der Waals surface area contributed by atoms with Crippen LogP contribution in [0.1, 0.15) is 85.5 Å². The first kappa shape index (κ1) is 31.7. The fraction of sp³-hybridized carbons (Fsp3) is 0.469. The van der Waals surface area contributed by atoms with Crippen molar-refractivity contribution in [1.82, 2.24) is 0 Å². The van der Waals surface area contributed by atoms with E-state index >= 15 is 0 Å². The molecule has 2 aromatic carbocycles. The van der Waals surface area contributed by atoms with Gasteiger partial charge in [-0.1, -0.05) is 39.8 Å². The number of carbonyl (C=O) groups is 1. The summed E-state index contributed by atoms with van der Waals surface area (Å²) in [6.45, 7) is 11.1. The minimum absolute atomic E-state index is 0.257. The van der Waals surface area contributed by atoms with Crippen molar-refractivity contribution < 1.29 is 23.1 Å². The van der Waals surface area contributed by atoms with E-state index in [1.54, 1.807) is 18.2 Å². The average molecular weight is 541 g/mol. The SMILES string of the molecule is CC.COc1cc(NCCCF)cc(OC)c1N.Cc1cc2c(cc1Cc1ccc(C=O)o1)C(C)(C)CCC2. The maximum absolute atomic E-state index is 11.9. The van der Waals surface area contributed by atoms with Crippen LogP contribution >= 0.6 is 0 Å². The summed E-state index contributed by atoms with van der Waals surface area (Å²) in [4.78, 5) is 10.7. The third kappa shape index (κ3) is 8.50. The number of nitrogens with one attached hydrogen (secondary N) is 1. The number of carbonyl (C=O) groups excluding carboxylic acids is 1. The first-order valence-corrected chi connectivity index (χ1v) is 13.7. The second-order valence-electron chi connectivity index (χ2n) is 10.0. The van der Waals surface area contributed by atoms with E-state index in [0.717, 1.165) is 24.2 Å². The quantitative estimate of drug-likeness (QED) is 0.164. The van der Waals surface area contributed by atoms with Crippen LogP contribution in [-0.4, -0.2) is 33.7 Å². The lowest BCUT2D eigenvalue weighted by molar-refractivity contribution is 0.109. The van der Waals surface area contributed by atoms with Crippen molar-refractivity contribution in [3.8, 4) is 11.5 Å². The van der Waals surface area contributed by atoms with Gasteiger partial charge in [0.25, 0.3) is 0 Å². The molecule has 3 N–H and O–H groups in total. The van der Waals surface area contributed by atoms with Crippen LogP contribution in [0.5, 0.6) is 11.5 Å². The molecule has 0 bridgehead atoms. The van der Waals surface area contributed by atoms with Gasteiger partial charge in [-0.05, 0) is 72.4 Å². The molecule has 6 nitrogen and oxygen atoms in total. The highest BCUT2D eigenvalue weighted by atomic mass is 19.1. The van der Waals surface area contributed by atoms with E-state index < -0.39 is 0 Å². The summed E-state index contributed by atoms with van der Waals surface area (Å²) in [5.41, 5.74) is 12.9. The van der Waals surface area contributed by atoms with Gasteiger partial charge in [-0.3, -0.25) is 9.18 Å². The molecule has 1 heterocycles. The van der Waals surface area contributed by atoms with Crippen molar-refractivity contribution in [2.24, 2.45) is 0 Å². The van der Waals surface area contributed by atoms with Gasteiger partial charge in [-0.15, -0.1) is 0 Å². The summed E-state index contributed by atoms with van der Waals surface area (Å²) in [6.07, 6.45) is 5.69. The largest absolute Gasteiger partial charge is 0.494 e. The van der Waals surface area contributed by atoms with E-state index in [4.69, 9.17) is 19.6 Å². The fourth-order valence-corrected chi connectivity index (χ4v) is 4.78. The van der Waals surface area contributed by atoms with Crippen LogP contribution in [0.4, 0.5) is 15.8 Å². The third-order valence-electron chi connectivity index (χ3n) is 6.89. The van der Waals surface area contributed by atoms with Crippen LogP contribution in [0.25, 0.3) is 0 Å². The predicted octanol–water partition coefficient (Wildman–Crippen LogP) is 7.69. The Balaban J connectivity index is 0.000000267. The van der Waals surface area contributed by atoms with Crippen LogP contribution < -0.4 is 20.5 Å². The zero-order chi connectivity index (χ0) is 29.0. The number of ether oxygens (including phenoxy) is 2. The summed E-state index contributed by atoms with van der Waals surface area (Å²) in [7, 11) is 3.08. The number of methoxy groups -OCH3 is 2. The second kappa shape index (κ2) is 15.2. The van der Waals surface area contributed by atoms with Crippen molar-refractivity contribution in [3.05, 3.63) is 70.2 Å². The molecule has 1 aromatic heterocycles. The first-order valence-electron chi connectivity index (χ1n) is 13.7. The Hall–Kier alpha value is -3.48. The molecule has 1 aliphatic rings. The summed E-state index contributed by atoms with van der Waals surface area (Å²) in [6, 6.07) is 11.8. The summed E-state index contributed by atoms with van der Waals surface area (Å²) in [5, 5.41) is 3.07. The number of benzene rings is 2. The van der Waals surface area contributed by atoms with Gasteiger partial charge in [0.1, 0.15) is 22.9 Å². The van der Waals surface area contributed by atoms with E-state index in [-0.39, 0.29) is 12.1 Å². The minimum atomic E-state index is -0.337. The van der Waals surface area contributed by atoms with Gasteiger partial charge in [0.15, 0.2) is 12.0 Å². The van der Waals surface area contributed by atoms with Gasteiger partial charge in [0.05, 0.1) is 20.9 Å². The predicted molar refractivity (Wildman–Crippen MR) is 158 cm³/mol. The molecule has 0 saturated heterocycles. The number of furan rings is 1. The van der Waals surface area contributed by atoms with Crippen LogP contribution in [0.3, 0.4) is 0 Å². The van der Waals surface area contributed by atoms with E-state index in [9.17, 15) is 9.18 Å². The molecule has 0 aliphatic heterocycles. The number of alkyl halides is 1. The van der Waals surface area contributed by atoms with Gasteiger partial charge < -0.3 is 24.9 Å². The molecule has 214 valence electrons. The zero-order valence-electron chi connectivity index (χ0n) is 24.6. The Morgan fingerprint density at radius 2 is 1.77 bits per heavy atom. The molecule has 0 fully saturated rings. The number of aryl methyl sites for hydroxylation is 2. The standard InChI is InChI=1S/C19H22O2.C11H17FN2O2.C2H6/c1-13-9-14-5-4-8-19(2,3)18(14)11-15(13)10-16-6-7-17(12-20)21-16;1-15-9-6-8(14-5-3-4-12)7-10(16-2)11(9)13;1-2/h6-7,9,11-12H,4-5,8,10H2,1-3H3;6-7,14H,3-5,13H2,1-2H3;1-2H3. The topological polar surface area (TPSA) is 86.7 Å². The van der Waals surface area contributed by atoms with E-state index in [2.05, 4.69) is 38.2 Å². The Morgan fingerprint density at radius 1 is 1.10 bits per heavy atom. The lowest BCUT2D eigenvalue weighted by Gasteiger charge is -2.33. The van der Waals surface area contributed by atoms with E-state index in [1.165, 1.54) is 55.7 Å². The first-order chi connectivity index (χ1) is 18.7. The van der Waals surface area contributed by atoms with Crippen molar-refractivity contribution in [2.45, 2.75) is 72.1 Å². The van der Waals surface area contributed by atoms with Crippen molar-refractivity contribution in [2.75, 3.05) is 38.5 Å². The van der Waals surface area contributed by atoms with Crippen molar-refractivity contribution in [1.29, 1.82) is 0 Å². The van der Waals surface area contributed by atoms with E-state index in [0.29, 0.717) is 35.9 Å². The molecule has 0 amide bonds. The summed E-state index contributed by atoms with van der Waals surface area (Å²) >= 11 is 0. The monoisotopic (exact) mass is 540 g/mol. The molecule has 0 radical (unpaired) electrons. The molecule has 0 atom stereocenters. The highest BCUT2D eigenvalue weighted by Gasteiger charge is 2.28. The zero-order valence-corrected chi connectivity index (χ0v) is 24.6. The maximum atomic E-state index is 11.9. The Labute approximate surface area is 233 Å². The summed E-state index contributed by atoms with van der Waals surface area (Å²) < 4.78 is 27.7. The smallest absolute Gasteiger partial charge is 0.185 e. The van der Waals surface area contributed by atoms with Gasteiger partial charge >= 0.3 is 0 Å². The molecule has 0 spiro atoms. The number of halogens is 1. The van der Waals surface area contributed by atoms with Gasteiger partial charge in [0.2, 0.25) is 0 Å². The number of hydrogen-bond acceptors (Lipinski definition) is 6. The lowest BCUT2D eigenvalue weighted by atomic mass is 9.71. The number of nitrogens with two attached hydrogens (primary N) is 1. The number of hydrogen-bond donors (Lipinski definition) is 2. The van der Waals surface area contributed by atoms with Crippen LogP contribution in [0, 0.1) is 6.92 Å². The summed E-state index contributed by atoms with van der Waals surface area (Å²) in [5.74, 6) is 2.35. The molecule has 39 heavy (non-hydrogen) atoms. The minimum Gasteiger partial charge on any atom is -0.494 e. The highest BCUT2D eigenvalue weighted by Crippen LogP contribution is 2.38. The maximum Gasteiger partial charge on any atom is 0.185 e. The Bertz CT molecular complexity index is 1180. The third-order valence-corrected chi connectivity index (χ3v) is 6.89. The molecule has 1 aliphatic carbocycles. The lowest BCUT2D eigenvalue weighted by Crippen LogP contribution is -2.24. The van der Waals surface area contributed by atoms with Gasteiger partial charge in [0, 0.05) is 30.8 Å². The average Bonchev–Trinajstić information content (AvgIpc) is 3.39. The normalized spacial score (nSPS) is 13.1. The fourth-order valence-electron chi connectivity index (χ4n) is 4.78. The van der Waals surface area contributed by atoms with Gasteiger partial charge in [-0.25, -0.2) is 0 Å². The molecular formula is C32H45FN2O4. The number of fused-ring (bicyclic) bond motifs is 1. The molecule has 0 saturated carbocycles.